The Morgan fingerprint density at radius 1 is 1.22 bits per heavy atom. The molecule has 0 radical (unpaired) electrons. The molecule has 0 spiro atoms. The highest BCUT2D eigenvalue weighted by Crippen LogP contribution is 2.44. The number of allylic oxidation sites excluding steroid dienone is 2. The van der Waals surface area contributed by atoms with Crippen LogP contribution in [0.4, 0.5) is 0 Å². The first-order valence-electron chi connectivity index (χ1n) is 6.66. The zero-order valence-electron chi connectivity index (χ0n) is 10.6. The topological polar surface area (TPSA) is 26.3 Å². The van der Waals surface area contributed by atoms with Gasteiger partial charge in [-0.1, -0.05) is 24.3 Å². The lowest BCUT2D eigenvalue weighted by Crippen LogP contribution is -2.10. The monoisotopic (exact) mass is 242 g/mol. The number of rotatable bonds is 3. The molecule has 2 bridgehead atoms. The summed E-state index contributed by atoms with van der Waals surface area (Å²) in [7, 11) is 0. The van der Waals surface area contributed by atoms with Crippen LogP contribution in [0.15, 0.2) is 36.4 Å². The molecule has 0 heterocycles. The number of esters is 1. The minimum absolute atomic E-state index is 0.263. The molecule has 3 unspecified atom stereocenters. The molecule has 0 amide bonds. The van der Waals surface area contributed by atoms with Crippen LogP contribution in [-0.4, -0.2) is 5.97 Å². The SMILES string of the molecule is CC(=O)Oc1ccc(CC2CC3C=CC2C3)cc1. The number of carbonyl (C=O) groups excluding carboxylic acids is 1. The van der Waals surface area contributed by atoms with Gasteiger partial charge >= 0.3 is 5.97 Å². The summed E-state index contributed by atoms with van der Waals surface area (Å²) >= 11 is 0. The average molecular weight is 242 g/mol. The summed E-state index contributed by atoms with van der Waals surface area (Å²) < 4.78 is 5.04. The van der Waals surface area contributed by atoms with Gasteiger partial charge < -0.3 is 4.74 Å². The minimum Gasteiger partial charge on any atom is -0.427 e. The van der Waals surface area contributed by atoms with Gasteiger partial charge in [-0.3, -0.25) is 4.79 Å². The molecule has 0 N–H and O–H groups in total. The highest BCUT2D eigenvalue weighted by Gasteiger charge is 2.35. The smallest absolute Gasteiger partial charge is 0.308 e. The van der Waals surface area contributed by atoms with Gasteiger partial charge in [-0.15, -0.1) is 0 Å². The standard InChI is InChI=1S/C16H18O2/c1-11(17)18-16-6-3-12(4-7-16)8-15-10-13-2-5-14(15)9-13/h2-7,13-15H,8-10H2,1H3. The van der Waals surface area contributed by atoms with Crippen molar-refractivity contribution in [2.24, 2.45) is 17.8 Å². The van der Waals surface area contributed by atoms with E-state index in [1.165, 1.54) is 25.3 Å². The molecule has 18 heavy (non-hydrogen) atoms. The quantitative estimate of drug-likeness (QED) is 0.461. The van der Waals surface area contributed by atoms with E-state index >= 15 is 0 Å². The van der Waals surface area contributed by atoms with Gasteiger partial charge in [0, 0.05) is 6.92 Å². The van der Waals surface area contributed by atoms with Crippen LogP contribution >= 0.6 is 0 Å². The average Bonchev–Trinajstić information content (AvgIpc) is 2.93. The Labute approximate surface area is 108 Å². The molecule has 2 heteroatoms. The molecule has 1 fully saturated rings. The van der Waals surface area contributed by atoms with Crippen LogP contribution in [0.1, 0.15) is 25.3 Å². The van der Waals surface area contributed by atoms with Crippen molar-refractivity contribution in [2.45, 2.75) is 26.2 Å². The maximum absolute atomic E-state index is 10.8. The van der Waals surface area contributed by atoms with Gasteiger partial charge in [-0.2, -0.15) is 0 Å². The van der Waals surface area contributed by atoms with Crippen molar-refractivity contribution < 1.29 is 9.53 Å². The molecule has 94 valence electrons. The van der Waals surface area contributed by atoms with E-state index in [9.17, 15) is 4.79 Å². The summed E-state index contributed by atoms with van der Waals surface area (Å²) in [5.41, 5.74) is 1.34. The van der Waals surface area contributed by atoms with E-state index in [2.05, 4.69) is 24.3 Å². The van der Waals surface area contributed by atoms with Crippen molar-refractivity contribution in [3.63, 3.8) is 0 Å². The lowest BCUT2D eigenvalue weighted by atomic mass is 9.88. The molecule has 1 saturated carbocycles. The lowest BCUT2D eigenvalue weighted by molar-refractivity contribution is -0.131. The highest BCUT2D eigenvalue weighted by molar-refractivity contribution is 5.69. The maximum atomic E-state index is 10.8. The summed E-state index contributed by atoms with van der Waals surface area (Å²) in [5, 5.41) is 0. The molecule has 0 aromatic heterocycles. The third-order valence-electron chi connectivity index (χ3n) is 4.10. The molecule has 0 aliphatic heterocycles. The molecule has 1 aromatic carbocycles. The fourth-order valence-corrected chi connectivity index (χ4v) is 3.29. The second kappa shape index (κ2) is 4.60. The van der Waals surface area contributed by atoms with Crippen molar-refractivity contribution in [3.05, 3.63) is 42.0 Å². The summed E-state index contributed by atoms with van der Waals surface area (Å²) in [6.45, 7) is 1.43. The van der Waals surface area contributed by atoms with Crippen LogP contribution in [0.5, 0.6) is 5.75 Å². The lowest BCUT2D eigenvalue weighted by Gasteiger charge is -2.18. The zero-order chi connectivity index (χ0) is 12.5. The van der Waals surface area contributed by atoms with Crippen molar-refractivity contribution in [2.75, 3.05) is 0 Å². The van der Waals surface area contributed by atoms with E-state index in [0.29, 0.717) is 5.75 Å². The van der Waals surface area contributed by atoms with Gasteiger partial charge in [0.1, 0.15) is 5.75 Å². The van der Waals surface area contributed by atoms with E-state index in [1.54, 1.807) is 0 Å². The molecule has 3 rings (SSSR count). The van der Waals surface area contributed by atoms with Crippen molar-refractivity contribution in [1.29, 1.82) is 0 Å². The Balaban J connectivity index is 1.63. The van der Waals surface area contributed by atoms with Crippen LogP contribution in [0.3, 0.4) is 0 Å². The summed E-state index contributed by atoms with van der Waals surface area (Å²) in [5.74, 6) is 2.81. The van der Waals surface area contributed by atoms with Gasteiger partial charge in [0.25, 0.3) is 0 Å². The van der Waals surface area contributed by atoms with Crippen molar-refractivity contribution in [3.8, 4) is 5.75 Å². The molecular formula is C16H18O2. The summed E-state index contributed by atoms with van der Waals surface area (Å²) in [4.78, 5) is 10.8. The number of carbonyl (C=O) groups is 1. The van der Waals surface area contributed by atoms with Gasteiger partial charge in [0.2, 0.25) is 0 Å². The van der Waals surface area contributed by atoms with E-state index in [-0.39, 0.29) is 5.97 Å². The van der Waals surface area contributed by atoms with E-state index in [4.69, 9.17) is 4.74 Å². The zero-order valence-corrected chi connectivity index (χ0v) is 10.6. The Kier molecular flexibility index (Phi) is 2.94. The third kappa shape index (κ3) is 2.33. The Bertz CT molecular complexity index is 472. The summed E-state index contributed by atoms with van der Waals surface area (Å²) in [6, 6.07) is 7.93. The maximum Gasteiger partial charge on any atom is 0.308 e. The minimum atomic E-state index is -0.263. The number of benzene rings is 1. The number of hydrogen-bond donors (Lipinski definition) is 0. The van der Waals surface area contributed by atoms with Gasteiger partial charge in [0.05, 0.1) is 0 Å². The van der Waals surface area contributed by atoms with Crippen LogP contribution in [0, 0.1) is 17.8 Å². The molecule has 2 aliphatic carbocycles. The third-order valence-corrected chi connectivity index (χ3v) is 4.10. The number of fused-ring (bicyclic) bond motifs is 2. The molecular weight excluding hydrogens is 224 g/mol. The van der Waals surface area contributed by atoms with E-state index in [0.717, 1.165) is 24.2 Å². The van der Waals surface area contributed by atoms with E-state index < -0.39 is 0 Å². The fraction of sp³-hybridized carbons (Fsp3) is 0.438. The predicted octanol–water partition coefficient (Wildman–Crippen LogP) is 3.37. The molecule has 0 saturated heterocycles. The van der Waals surface area contributed by atoms with Crippen LogP contribution in [0.2, 0.25) is 0 Å². The Morgan fingerprint density at radius 2 is 2.00 bits per heavy atom. The van der Waals surface area contributed by atoms with Crippen LogP contribution in [-0.2, 0) is 11.2 Å². The van der Waals surface area contributed by atoms with Gasteiger partial charge in [-0.05, 0) is 54.7 Å². The fourth-order valence-electron chi connectivity index (χ4n) is 3.29. The van der Waals surface area contributed by atoms with Gasteiger partial charge in [-0.25, -0.2) is 0 Å². The Morgan fingerprint density at radius 3 is 2.56 bits per heavy atom. The first kappa shape index (κ1) is 11.5. The molecule has 2 nitrogen and oxygen atoms in total. The molecule has 3 atom stereocenters. The second-order valence-corrected chi connectivity index (χ2v) is 5.48. The summed E-state index contributed by atoms with van der Waals surface area (Å²) in [6.07, 6.45) is 8.62. The molecule has 2 aliphatic rings. The first-order valence-corrected chi connectivity index (χ1v) is 6.66. The van der Waals surface area contributed by atoms with Crippen LogP contribution < -0.4 is 4.74 Å². The second-order valence-electron chi connectivity index (χ2n) is 5.48. The number of ether oxygens (including phenoxy) is 1. The predicted molar refractivity (Wildman–Crippen MR) is 70.3 cm³/mol. The Hall–Kier alpha value is -1.57. The van der Waals surface area contributed by atoms with Crippen molar-refractivity contribution in [1.82, 2.24) is 0 Å². The molecule has 1 aromatic rings. The normalized spacial score (nSPS) is 28.6. The highest BCUT2D eigenvalue weighted by atomic mass is 16.5. The van der Waals surface area contributed by atoms with Crippen LogP contribution in [0.25, 0.3) is 0 Å². The number of hydrogen-bond acceptors (Lipinski definition) is 2. The van der Waals surface area contributed by atoms with Crippen molar-refractivity contribution >= 4 is 5.97 Å². The largest absolute Gasteiger partial charge is 0.427 e. The van der Waals surface area contributed by atoms with Gasteiger partial charge in [0.15, 0.2) is 0 Å². The first-order chi connectivity index (χ1) is 8.70. The van der Waals surface area contributed by atoms with E-state index in [1.807, 2.05) is 12.1 Å².